The minimum atomic E-state index is -3.56. The predicted octanol–water partition coefficient (Wildman–Crippen LogP) is 4.17. The molecule has 1 amide bonds. The fourth-order valence-electron chi connectivity index (χ4n) is 3.43. The first-order chi connectivity index (χ1) is 13.4. The van der Waals surface area contributed by atoms with Gasteiger partial charge in [-0.15, -0.1) is 0 Å². The highest BCUT2D eigenvalue weighted by atomic mass is 32.2. The molecule has 0 unspecified atom stereocenters. The molecular formula is C21H22N2O4S. The Bertz CT molecular complexity index is 1100. The number of benzene rings is 2. The molecule has 1 saturated heterocycles. The average molecular weight is 398 g/mol. The lowest BCUT2D eigenvalue weighted by Gasteiger charge is -2.26. The maximum atomic E-state index is 12.9. The summed E-state index contributed by atoms with van der Waals surface area (Å²) in [6.07, 6.45) is 2.81. The smallest absolute Gasteiger partial charge is 0.291 e. The summed E-state index contributed by atoms with van der Waals surface area (Å²) < 4.78 is 33.0. The van der Waals surface area contributed by atoms with Gasteiger partial charge < -0.3 is 9.73 Å². The van der Waals surface area contributed by atoms with Crippen LogP contribution in [0.2, 0.25) is 0 Å². The summed E-state index contributed by atoms with van der Waals surface area (Å²) >= 11 is 0. The molecule has 0 atom stereocenters. The van der Waals surface area contributed by atoms with Crippen LogP contribution in [0.15, 0.2) is 57.8 Å². The van der Waals surface area contributed by atoms with Gasteiger partial charge in [-0.25, -0.2) is 8.42 Å². The number of carbonyl (C=O) groups excluding carboxylic acids is 1. The highest BCUT2D eigenvalue weighted by Gasteiger charge is 2.26. The van der Waals surface area contributed by atoms with E-state index in [0.29, 0.717) is 24.4 Å². The van der Waals surface area contributed by atoms with Crippen LogP contribution in [-0.2, 0) is 10.0 Å². The van der Waals surface area contributed by atoms with Gasteiger partial charge in [-0.05, 0) is 49.6 Å². The molecule has 0 spiro atoms. The van der Waals surface area contributed by atoms with Gasteiger partial charge in [0.15, 0.2) is 5.76 Å². The Morgan fingerprint density at radius 3 is 2.54 bits per heavy atom. The second kappa shape index (κ2) is 7.41. The molecule has 2 aromatic carbocycles. The highest BCUT2D eigenvalue weighted by molar-refractivity contribution is 7.89. The van der Waals surface area contributed by atoms with E-state index < -0.39 is 15.9 Å². The Kier molecular flexibility index (Phi) is 4.95. The summed E-state index contributed by atoms with van der Waals surface area (Å²) in [4.78, 5) is 12.8. The molecule has 1 N–H and O–H groups in total. The lowest BCUT2D eigenvalue weighted by Crippen LogP contribution is -2.35. The average Bonchev–Trinajstić information content (AvgIpc) is 3.14. The predicted molar refractivity (Wildman–Crippen MR) is 108 cm³/mol. The fraction of sp³-hybridized carbons (Fsp3) is 0.286. The third kappa shape index (κ3) is 3.55. The molecule has 2 heterocycles. The van der Waals surface area contributed by atoms with Gasteiger partial charge in [0.05, 0.1) is 4.90 Å². The molecule has 3 aromatic rings. The molecule has 4 rings (SSSR count). The molecule has 1 aromatic heterocycles. The number of rotatable bonds is 4. The molecule has 7 heteroatoms. The van der Waals surface area contributed by atoms with E-state index in [-0.39, 0.29) is 10.7 Å². The number of para-hydroxylation sites is 1. The van der Waals surface area contributed by atoms with Gasteiger partial charge in [0, 0.05) is 24.2 Å². The van der Waals surface area contributed by atoms with Crippen molar-refractivity contribution in [3.8, 4) is 0 Å². The van der Waals surface area contributed by atoms with E-state index in [0.717, 1.165) is 30.2 Å². The summed E-state index contributed by atoms with van der Waals surface area (Å²) in [5.41, 5.74) is 1.87. The molecule has 0 radical (unpaired) electrons. The Hall–Kier alpha value is -2.64. The Morgan fingerprint density at radius 1 is 1.04 bits per heavy atom. The topological polar surface area (TPSA) is 79.6 Å². The van der Waals surface area contributed by atoms with E-state index in [1.54, 1.807) is 24.3 Å². The van der Waals surface area contributed by atoms with Crippen molar-refractivity contribution in [2.45, 2.75) is 31.1 Å². The summed E-state index contributed by atoms with van der Waals surface area (Å²) in [5.74, 6) is -0.225. The molecule has 0 bridgehead atoms. The van der Waals surface area contributed by atoms with Crippen molar-refractivity contribution in [2.75, 3.05) is 18.4 Å². The maximum absolute atomic E-state index is 12.9. The lowest BCUT2D eigenvalue weighted by atomic mass is 10.2. The molecule has 146 valence electrons. The second-order valence-electron chi connectivity index (χ2n) is 7.04. The Labute approximate surface area is 164 Å². The third-order valence-electron chi connectivity index (χ3n) is 5.06. The number of nitrogens with zero attached hydrogens (tertiary/aromatic N) is 1. The fourth-order valence-corrected chi connectivity index (χ4v) is 4.97. The largest absolute Gasteiger partial charge is 0.451 e. The van der Waals surface area contributed by atoms with Crippen molar-refractivity contribution in [3.63, 3.8) is 0 Å². The Morgan fingerprint density at radius 2 is 1.79 bits per heavy atom. The van der Waals surface area contributed by atoms with Gasteiger partial charge >= 0.3 is 0 Å². The zero-order valence-electron chi connectivity index (χ0n) is 15.6. The number of sulfonamides is 1. The normalized spacial score (nSPS) is 15.6. The van der Waals surface area contributed by atoms with Gasteiger partial charge in [-0.3, -0.25) is 4.79 Å². The molecule has 1 fully saturated rings. The van der Waals surface area contributed by atoms with E-state index >= 15 is 0 Å². The SMILES string of the molecule is Cc1ccc(S(=O)(=O)N2CCCCC2)cc1NC(=O)c1cc2ccccc2o1. The number of hydrogen-bond donors (Lipinski definition) is 1. The van der Waals surface area contributed by atoms with Crippen molar-refractivity contribution in [2.24, 2.45) is 0 Å². The van der Waals surface area contributed by atoms with E-state index in [1.807, 2.05) is 25.1 Å². The molecule has 1 aliphatic heterocycles. The van der Waals surface area contributed by atoms with Crippen LogP contribution in [0.3, 0.4) is 0 Å². The number of nitrogens with one attached hydrogen (secondary N) is 1. The van der Waals surface area contributed by atoms with Crippen molar-refractivity contribution < 1.29 is 17.6 Å². The Balaban J connectivity index is 1.61. The first-order valence-electron chi connectivity index (χ1n) is 9.36. The summed E-state index contributed by atoms with van der Waals surface area (Å²) in [5, 5.41) is 3.63. The van der Waals surface area contributed by atoms with Crippen molar-refractivity contribution in [3.05, 3.63) is 59.9 Å². The van der Waals surface area contributed by atoms with Crippen molar-refractivity contribution in [1.82, 2.24) is 4.31 Å². The van der Waals surface area contributed by atoms with Gasteiger partial charge in [-0.2, -0.15) is 4.31 Å². The summed E-state index contributed by atoms with van der Waals surface area (Å²) in [6, 6.07) is 13.9. The number of furan rings is 1. The van der Waals surface area contributed by atoms with Gasteiger partial charge in [0.2, 0.25) is 10.0 Å². The van der Waals surface area contributed by atoms with Crippen LogP contribution >= 0.6 is 0 Å². The summed E-state index contributed by atoms with van der Waals surface area (Å²) in [7, 11) is -3.56. The van der Waals surface area contributed by atoms with Gasteiger partial charge in [-0.1, -0.05) is 30.7 Å². The minimum absolute atomic E-state index is 0.185. The highest BCUT2D eigenvalue weighted by Crippen LogP contribution is 2.26. The number of amides is 1. The quantitative estimate of drug-likeness (QED) is 0.715. The van der Waals surface area contributed by atoms with Crippen LogP contribution < -0.4 is 5.32 Å². The zero-order chi connectivity index (χ0) is 19.7. The van der Waals surface area contributed by atoms with E-state index in [1.165, 1.54) is 10.4 Å². The number of piperidine rings is 1. The van der Waals surface area contributed by atoms with Crippen LogP contribution in [0.25, 0.3) is 11.0 Å². The molecule has 0 saturated carbocycles. The number of fused-ring (bicyclic) bond motifs is 1. The standard InChI is InChI=1S/C21H22N2O4S/c1-15-9-10-17(28(25,26)23-11-5-2-6-12-23)14-18(15)22-21(24)20-13-16-7-3-4-8-19(16)27-20/h3-4,7-10,13-14H,2,5-6,11-12H2,1H3,(H,22,24). The lowest BCUT2D eigenvalue weighted by molar-refractivity contribution is 0.0998. The van der Waals surface area contributed by atoms with Crippen LogP contribution in [0, 0.1) is 6.92 Å². The van der Waals surface area contributed by atoms with Gasteiger partial charge in [0.1, 0.15) is 5.58 Å². The maximum Gasteiger partial charge on any atom is 0.291 e. The summed E-state index contributed by atoms with van der Waals surface area (Å²) in [6.45, 7) is 2.90. The number of aryl methyl sites for hydroxylation is 1. The first-order valence-corrected chi connectivity index (χ1v) is 10.8. The van der Waals surface area contributed by atoms with Crippen molar-refractivity contribution in [1.29, 1.82) is 0 Å². The van der Waals surface area contributed by atoms with Crippen LogP contribution in [-0.4, -0.2) is 31.7 Å². The number of carbonyl (C=O) groups is 1. The van der Waals surface area contributed by atoms with Crippen molar-refractivity contribution >= 4 is 32.6 Å². The molecule has 1 aliphatic rings. The number of hydrogen-bond acceptors (Lipinski definition) is 4. The zero-order valence-corrected chi connectivity index (χ0v) is 16.5. The van der Waals surface area contributed by atoms with Gasteiger partial charge in [0.25, 0.3) is 5.91 Å². The monoisotopic (exact) mass is 398 g/mol. The first kappa shape index (κ1) is 18.7. The second-order valence-corrected chi connectivity index (χ2v) is 8.98. The third-order valence-corrected chi connectivity index (χ3v) is 6.95. The molecule has 0 aliphatic carbocycles. The molecular weight excluding hydrogens is 376 g/mol. The van der Waals surface area contributed by atoms with Crippen LogP contribution in [0.1, 0.15) is 35.4 Å². The van der Waals surface area contributed by atoms with E-state index in [2.05, 4.69) is 5.32 Å². The van der Waals surface area contributed by atoms with E-state index in [4.69, 9.17) is 4.42 Å². The van der Waals surface area contributed by atoms with E-state index in [9.17, 15) is 13.2 Å². The van der Waals surface area contributed by atoms with Crippen LogP contribution in [0.5, 0.6) is 0 Å². The molecule has 6 nitrogen and oxygen atoms in total. The minimum Gasteiger partial charge on any atom is -0.451 e. The van der Waals surface area contributed by atoms with Crippen LogP contribution in [0.4, 0.5) is 5.69 Å². The number of anilines is 1. The molecule has 28 heavy (non-hydrogen) atoms.